The maximum atomic E-state index is 12.1. The fourth-order valence-electron chi connectivity index (χ4n) is 2.96. The van der Waals surface area contributed by atoms with Gasteiger partial charge in [0.25, 0.3) is 0 Å². The molecule has 1 saturated heterocycles. The number of carbonyl (C=O) groups excluding carboxylic acids is 2. The number of furan rings is 1. The summed E-state index contributed by atoms with van der Waals surface area (Å²) >= 11 is 0. The molecule has 126 valence electrons. The number of benzene rings is 1. The van der Waals surface area contributed by atoms with Gasteiger partial charge in [-0.2, -0.15) is 0 Å². The van der Waals surface area contributed by atoms with Crippen LogP contribution in [0.5, 0.6) is 0 Å². The third-order valence-electron chi connectivity index (χ3n) is 4.34. The molecule has 0 bridgehead atoms. The van der Waals surface area contributed by atoms with Crippen LogP contribution in [0.25, 0.3) is 0 Å². The van der Waals surface area contributed by atoms with Crippen LogP contribution in [0.15, 0.2) is 47.1 Å². The van der Waals surface area contributed by atoms with Crippen molar-refractivity contribution in [2.24, 2.45) is 5.92 Å². The number of nitrogens with zero attached hydrogens (tertiary/aromatic N) is 1. The highest BCUT2D eigenvalue weighted by Gasteiger charge is 2.30. The molecule has 2 heterocycles. The van der Waals surface area contributed by atoms with Gasteiger partial charge in [0.2, 0.25) is 5.91 Å². The largest absolute Gasteiger partial charge is 0.469 e. The molecule has 0 unspecified atom stereocenters. The first kappa shape index (κ1) is 16.3. The van der Waals surface area contributed by atoms with Gasteiger partial charge in [-0.15, -0.1) is 0 Å². The molecule has 0 radical (unpaired) electrons. The fraction of sp³-hybridized carbons (Fsp3) is 0.368. The summed E-state index contributed by atoms with van der Waals surface area (Å²) in [6.07, 6.45) is 2.75. The number of ether oxygens (including phenoxy) is 1. The van der Waals surface area contributed by atoms with Crippen LogP contribution >= 0.6 is 0 Å². The lowest BCUT2D eigenvalue weighted by atomic mass is 10.1. The molecule has 24 heavy (non-hydrogen) atoms. The highest BCUT2D eigenvalue weighted by molar-refractivity contribution is 5.90. The van der Waals surface area contributed by atoms with Gasteiger partial charge in [-0.1, -0.05) is 30.3 Å². The Morgan fingerprint density at radius 3 is 2.79 bits per heavy atom. The van der Waals surface area contributed by atoms with Crippen molar-refractivity contribution < 1.29 is 18.7 Å². The Bertz CT molecular complexity index is 707. The van der Waals surface area contributed by atoms with Gasteiger partial charge in [-0.3, -0.25) is 4.79 Å². The van der Waals surface area contributed by atoms with Crippen molar-refractivity contribution in [3.05, 3.63) is 59.5 Å². The maximum Gasteiger partial charge on any atom is 0.341 e. The van der Waals surface area contributed by atoms with Crippen LogP contribution < -0.4 is 0 Å². The summed E-state index contributed by atoms with van der Waals surface area (Å²) in [4.78, 5) is 25.9. The third kappa shape index (κ3) is 3.85. The molecule has 1 atom stereocenters. The average Bonchev–Trinajstić information content (AvgIpc) is 3.17. The zero-order valence-corrected chi connectivity index (χ0v) is 13.7. The van der Waals surface area contributed by atoms with Crippen LogP contribution in [0.2, 0.25) is 0 Å². The SMILES string of the molecule is Cc1occc1C(=O)OC[C@H]1CC(=O)N(CCc2ccccc2)C1. The number of rotatable bonds is 6. The van der Waals surface area contributed by atoms with Gasteiger partial charge in [-0.05, 0) is 25.0 Å². The van der Waals surface area contributed by atoms with E-state index in [0.29, 0.717) is 30.8 Å². The highest BCUT2D eigenvalue weighted by atomic mass is 16.5. The molecule has 0 aliphatic carbocycles. The van der Waals surface area contributed by atoms with Gasteiger partial charge >= 0.3 is 5.97 Å². The zero-order chi connectivity index (χ0) is 16.9. The molecule has 0 spiro atoms. The summed E-state index contributed by atoms with van der Waals surface area (Å²) in [6.45, 7) is 3.33. The van der Waals surface area contributed by atoms with Crippen molar-refractivity contribution in [2.45, 2.75) is 19.8 Å². The number of esters is 1. The van der Waals surface area contributed by atoms with Crippen LogP contribution in [0.4, 0.5) is 0 Å². The molecule has 0 N–H and O–H groups in total. The van der Waals surface area contributed by atoms with Gasteiger partial charge in [0.15, 0.2) is 0 Å². The van der Waals surface area contributed by atoms with E-state index in [2.05, 4.69) is 12.1 Å². The molecule has 3 rings (SSSR count). The number of amides is 1. The maximum absolute atomic E-state index is 12.1. The standard InChI is InChI=1S/C19H21NO4/c1-14-17(8-10-23-14)19(22)24-13-16-11-18(21)20(12-16)9-7-15-5-3-2-4-6-15/h2-6,8,10,16H,7,9,11-13H2,1H3/t16-/m0/s1. The van der Waals surface area contributed by atoms with E-state index >= 15 is 0 Å². The second-order valence-electron chi connectivity index (χ2n) is 6.13. The summed E-state index contributed by atoms with van der Waals surface area (Å²) < 4.78 is 10.4. The number of hydrogen-bond donors (Lipinski definition) is 0. The highest BCUT2D eigenvalue weighted by Crippen LogP contribution is 2.20. The van der Waals surface area contributed by atoms with Gasteiger partial charge in [0.05, 0.1) is 12.9 Å². The van der Waals surface area contributed by atoms with Crippen molar-refractivity contribution in [3.63, 3.8) is 0 Å². The molecule has 1 amide bonds. The molecular formula is C19H21NO4. The Hall–Kier alpha value is -2.56. The second-order valence-corrected chi connectivity index (χ2v) is 6.13. The Morgan fingerprint density at radius 2 is 2.08 bits per heavy atom. The van der Waals surface area contributed by atoms with Crippen molar-refractivity contribution >= 4 is 11.9 Å². The molecule has 1 aromatic heterocycles. The molecule has 5 heteroatoms. The van der Waals surface area contributed by atoms with E-state index in [9.17, 15) is 9.59 Å². The molecule has 1 fully saturated rings. The van der Waals surface area contributed by atoms with E-state index in [4.69, 9.17) is 9.15 Å². The lowest BCUT2D eigenvalue weighted by Gasteiger charge is -2.16. The first-order valence-electron chi connectivity index (χ1n) is 8.16. The molecule has 1 aliphatic heterocycles. The zero-order valence-electron chi connectivity index (χ0n) is 13.7. The topological polar surface area (TPSA) is 59.8 Å². The van der Waals surface area contributed by atoms with Crippen LogP contribution in [0.1, 0.15) is 28.1 Å². The minimum absolute atomic E-state index is 0.0597. The molecule has 5 nitrogen and oxygen atoms in total. The number of carbonyl (C=O) groups is 2. The predicted octanol–water partition coefficient (Wildman–Crippen LogP) is 2.84. The molecular weight excluding hydrogens is 306 g/mol. The minimum atomic E-state index is -0.392. The molecule has 0 saturated carbocycles. The van der Waals surface area contributed by atoms with Gasteiger partial charge in [-0.25, -0.2) is 4.79 Å². The van der Waals surface area contributed by atoms with Crippen LogP contribution in [-0.2, 0) is 16.0 Å². The molecule has 2 aromatic rings. The summed E-state index contributed by atoms with van der Waals surface area (Å²) in [5.41, 5.74) is 1.66. The van der Waals surface area contributed by atoms with E-state index in [0.717, 1.165) is 6.42 Å². The van der Waals surface area contributed by atoms with Crippen molar-refractivity contribution in [3.8, 4) is 0 Å². The summed E-state index contributed by atoms with van der Waals surface area (Å²) in [7, 11) is 0. The summed E-state index contributed by atoms with van der Waals surface area (Å²) in [5, 5.41) is 0. The van der Waals surface area contributed by atoms with Crippen LogP contribution in [0, 0.1) is 12.8 Å². The van der Waals surface area contributed by atoms with Gasteiger partial charge in [0.1, 0.15) is 11.3 Å². The quantitative estimate of drug-likeness (QED) is 0.766. The van der Waals surface area contributed by atoms with E-state index in [1.807, 2.05) is 23.1 Å². The van der Waals surface area contributed by atoms with Crippen LogP contribution in [-0.4, -0.2) is 36.5 Å². The normalized spacial score (nSPS) is 17.3. The first-order chi connectivity index (χ1) is 11.6. The molecule has 1 aromatic carbocycles. The van der Waals surface area contributed by atoms with Crippen molar-refractivity contribution in [1.82, 2.24) is 4.90 Å². The monoisotopic (exact) mass is 327 g/mol. The number of aryl methyl sites for hydroxylation is 1. The average molecular weight is 327 g/mol. The van der Waals surface area contributed by atoms with E-state index in [1.165, 1.54) is 11.8 Å². The number of hydrogen-bond acceptors (Lipinski definition) is 4. The molecule has 1 aliphatic rings. The van der Waals surface area contributed by atoms with Crippen LogP contribution in [0.3, 0.4) is 0 Å². The Labute approximate surface area is 141 Å². The minimum Gasteiger partial charge on any atom is -0.469 e. The van der Waals surface area contributed by atoms with E-state index < -0.39 is 5.97 Å². The smallest absolute Gasteiger partial charge is 0.341 e. The third-order valence-corrected chi connectivity index (χ3v) is 4.34. The Morgan fingerprint density at radius 1 is 1.29 bits per heavy atom. The fourth-order valence-corrected chi connectivity index (χ4v) is 2.96. The van der Waals surface area contributed by atoms with E-state index in [-0.39, 0.29) is 18.4 Å². The van der Waals surface area contributed by atoms with Gasteiger partial charge < -0.3 is 14.1 Å². The van der Waals surface area contributed by atoms with Crippen molar-refractivity contribution in [2.75, 3.05) is 19.7 Å². The second kappa shape index (κ2) is 7.34. The first-order valence-corrected chi connectivity index (χ1v) is 8.16. The summed E-state index contributed by atoms with van der Waals surface area (Å²) in [5.74, 6) is 0.347. The van der Waals surface area contributed by atoms with E-state index in [1.54, 1.807) is 13.0 Å². The van der Waals surface area contributed by atoms with Crippen molar-refractivity contribution in [1.29, 1.82) is 0 Å². The number of likely N-dealkylation sites (tertiary alicyclic amines) is 1. The lowest BCUT2D eigenvalue weighted by Crippen LogP contribution is -2.28. The predicted molar refractivity (Wildman–Crippen MR) is 88.6 cm³/mol. The Balaban J connectivity index is 1.46. The lowest BCUT2D eigenvalue weighted by molar-refractivity contribution is -0.127. The van der Waals surface area contributed by atoms with Gasteiger partial charge in [0, 0.05) is 25.4 Å². The summed E-state index contributed by atoms with van der Waals surface area (Å²) in [6, 6.07) is 11.7. The Kier molecular flexibility index (Phi) is 4.99.